The molecule has 0 nitrogen and oxygen atoms in total. The monoisotopic (exact) mass is 426 g/mol. The van der Waals surface area contributed by atoms with E-state index in [1.54, 1.807) is 0 Å². The Labute approximate surface area is 189 Å². The molecule has 24 heavy (non-hydrogen) atoms. The first-order valence-corrected chi connectivity index (χ1v) is 6.87. The third-order valence-corrected chi connectivity index (χ3v) is 2.34. The topological polar surface area (TPSA) is 0 Å². The summed E-state index contributed by atoms with van der Waals surface area (Å²) in [5.74, 6) is 0. The molecule has 0 bridgehead atoms. The maximum absolute atomic E-state index is 2.99. The van der Waals surface area contributed by atoms with Crippen LogP contribution in [0, 0.1) is 24.3 Å². The summed E-state index contributed by atoms with van der Waals surface area (Å²) >= 11 is 0. The molecule has 0 N–H and O–H groups in total. The van der Waals surface area contributed by atoms with Crippen molar-refractivity contribution in [1.82, 2.24) is 0 Å². The molecule has 0 aromatic rings. The van der Waals surface area contributed by atoms with E-state index in [0.717, 1.165) is 25.7 Å². The molecule has 4 heteroatoms. The van der Waals surface area contributed by atoms with Gasteiger partial charge in [-0.3, -0.25) is 24.3 Å². The number of rotatable bonds is 0. The van der Waals surface area contributed by atoms with E-state index in [-0.39, 0.29) is 68.2 Å². The summed E-state index contributed by atoms with van der Waals surface area (Å²) in [6.07, 6.45) is 40.0. The van der Waals surface area contributed by atoms with E-state index in [9.17, 15) is 0 Å². The van der Waals surface area contributed by atoms with Gasteiger partial charge in [0.25, 0.3) is 0 Å². The summed E-state index contributed by atoms with van der Waals surface area (Å²) in [6, 6.07) is 0. The van der Waals surface area contributed by atoms with E-state index in [1.165, 1.54) is 0 Å². The molecule has 4 aliphatic carbocycles. The van der Waals surface area contributed by atoms with Crippen molar-refractivity contribution in [3.8, 4) is 0 Å². The van der Waals surface area contributed by atoms with Gasteiger partial charge in [-0.15, -0.1) is 25.7 Å². The van der Waals surface area contributed by atoms with Gasteiger partial charge in [-0.05, 0) is 0 Å². The average molecular weight is 427 g/mol. The van der Waals surface area contributed by atoms with E-state index < -0.39 is 0 Å². The molecule has 4 aliphatic rings. The number of hydrogen-bond donors (Lipinski definition) is 0. The Bertz CT molecular complexity index is 340. The van der Waals surface area contributed by atoms with Crippen molar-refractivity contribution in [3.63, 3.8) is 0 Å². The SMILES string of the molecule is [C-]1=CC=CC1.[C-]1=CC=CC1.[C-]1=CC=CC1.[C-]1=CC=CC1.[Cl-].[Cl-].[Ti+2].[Ti+2]. The maximum Gasteiger partial charge on any atom is 2.00 e. The Morgan fingerprint density at radius 3 is 0.667 bits per heavy atom. The molecule has 124 valence electrons. The molecule has 0 aromatic carbocycles. The molecule has 0 aromatic heterocycles. The zero-order valence-electron chi connectivity index (χ0n) is 13.5. The fourth-order valence-corrected chi connectivity index (χ4v) is 1.36. The molecule has 0 saturated carbocycles. The van der Waals surface area contributed by atoms with Crippen molar-refractivity contribution in [2.45, 2.75) is 25.7 Å². The zero-order chi connectivity index (χ0) is 14.1. The van der Waals surface area contributed by atoms with Crippen molar-refractivity contribution >= 4 is 0 Å². The summed E-state index contributed by atoms with van der Waals surface area (Å²) in [4.78, 5) is 0. The molecule has 0 spiro atoms. The van der Waals surface area contributed by atoms with Gasteiger partial charge in [0.15, 0.2) is 0 Å². The first-order chi connectivity index (χ1) is 10.0. The Morgan fingerprint density at radius 1 is 0.417 bits per heavy atom. The minimum atomic E-state index is 0. The summed E-state index contributed by atoms with van der Waals surface area (Å²) in [6.45, 7) is 0. The predicted octanol–water partition coefficient (Wildman–Crippen LogP) is -0.774. The average Bonchev–Trinajstić information content (AvgIpc) is 3.40. The van der Waals surface area contributed by atoms with Crippen molar-refractivity contribution in [1.29, 1.82) is 0 Å². The van der Waals surface area contributed by atoms with E-state index in [4.69, 9.17) is 0 Å². The molecule has 0 aliphatic heterocycles. The van der Waals surface area contributed by atoms with Crippen molar-refractivity contribution in [3.05, 3.63) is 97.2 Å². The van der Waals surface area contributed by atoms with Crippen molar-refractivity contribution < 1.29 is 68.2 Å². The van der Waals surface area contributed by atoms with E-state index in [0.29, 0.717) is 0 Å². The van der Waals surface area contributed by atoms with Gasteiger partial charge < -0.3 is 24.8 Å². The fourth-order valence-electron chi connectivity index (χ4n) is 1.36. The molecule has 0 radical (unpaired) electrons. The number of halogens is 2. The van der Waals surface area contributed by atoms with E-state index in [2.05, 4.69) is 48.6 Å². The second-order valence-electron chi connectivity index (χ2n) is 4.01. The van der Waals surface area contributed by atoms with Crippen LogP contribution in [0.4, 0.5) is 0 Å². The summed E-state index contributed by atoms with van der Waals surface area (Å²) in [5, 5.41) is 0. The Balaban J connectivity index is -0.000000105. The van der Waals surface area contributed by atoms with Crippen molar-refractivity contribution in [2.75, 3.05) is 0 Å². The van der Waals surface area contributed by atoms with Crippen LogP contribution in [0.3, 0.4) is 0 Å². The van der Waals surface area contributed by atoms with Gasteiger partial charge >= 0.3 is 43.4 Å². The Hall–Kier alpha value is -0.0714. The quantitative estimate of drug-likeness (QED) is 0.352. The van der Waals surface area contributed by atoms with E-state index in [1.807, 2.05) is 48.6 Å². The first kappa shape index (κ1) is 31.7. The first-order valence-electron chi connectivity index (χ1n) is 6.87. The molecule has 0 amide bonds. The number of allylic oxidation sites excluding steroid dienone is 16. The molecule has 0 fully saturated rings. The molecule has 0 heterocycles. The molecule has 0 unspecified atom stereocenters. The summed E-state index contributed by atoms with van der Waals surface area (Å²) in [7, 11) is 0. The van der Waals surface area contributed by atoms with Crippen LogP contribution in [0.25, 0.3) is 0 Å². The summed E-state index contributed by atoms with van der Waals surface area (Å²) < 4.78 is 0. The molecule has 0 atom stereocenters. The van der Waals surface area contributed by atoms with Gasteiger partial charge in [0.1, 0.15) is 0 Å². The largest absolute Gasteiger partial charge is 2.00 e. The standard InChI is InChI=1S/4C5H5.2ClH.2Ti/c4*1-2-4-5-3-1;;;;/h4*1-3H,4H2;2*1H;;/q4*-1;;;2*+2/p-2. The van der Waals surface area contributed by atoms with E-state index >= 15 is 0 Å². The van der Waals surface area contributed by atoms with Gasteiger partial charge in [0.2, 0.25) is 0 Å². The fraction of sp³-hybridized carbons (Fsp3) is 0.200. The third kappa shape index (κ3) is 24.2. The second kappa shape index (κ2) is 27.8. The van der Waals surface area contributed by atoms with Gasteiger partial charge in [0, 0.05) is 0 Å². The Kier molecular flexibility index (Phi) is 36.6. The van der Waals surface area contributed by atoms with Crippen LogP contribution in [0.5, 0.6) is 0 Å². The molecular weight excluding hydrogens is 407 g/mol. The van der Waals surface area contributed by atoms with Gasteiger partial charge in [-0.25, -0.2) is 48.6 Å². The third-order valence-electron chi connectivity index (χ3n) is 2.34. The van der Waals surface area contributed by atoms with Crippen LogP contribution in [0.1, 0.15) is 25.7 Å². The van der Waals surface area contributed by atoms with Gasteiger partial charge in [0.05, 0.1) is 0 Å². The minimum absolute atomic E-state index is 0. The second-order valence-corrected chi connectivity index (χ2v) is 4.01. The van der Waals surface area contributed by atoms with Crippen LogP contribution in [-0.2, 0) is 43.4 Å². The Morgan fingerprint density at radius 2 is 0.625 bits per heavy atom. The van der Waals surface area contributed by atoms with Crippen LogP contribution >= 0.6 is 0 Å². The van der Waals surface area contributed by atoms with Gasteiger partial charge in [-0.1, -0.05) is 0 Å². The number of hydrogen-bond acceptors (Lipinski definition) is 0. The molecule has 4 rings (SSSR count). The van der Waals surface area contributed by atoms with Crippen LogP contribution in [-0.4, -0.2) is 0 Å². The molecule has 0 saturated heterocycles. The predicted molar refractivity (Wildman–Crippen MR) is 86.3 cm³/mol. The minimum Gasteiger partial charge on any atom is -1.00 e. The van der Waals surface area contributed by atoms with Crippen LogP contribution in [0.15, 0.2) is 72.9 Å². The van der Waals surface area contributed by atoms with Crippen LogP contribution < -0.4 is 24.8 Å². The smallest absolute Gasteiger partial charge is 1.00 e. The van der Waals surface area contributed by atoms with Crippen LogP contribution in [0.2, 0.25) is 0 Å². The summed E-state index contributed by atoms with van der Waals surface area (Å²) in [5.41, 5.74) is 0. The molecular formula is C20H20Cl2Ti2-2. The zero-order valence-corrected chi connectivity index (χ0v) is 18.1. The van der Waals surface area contributed by atoms with Gasteiger partial charge in [-0.2, -0.15) is 24.3 Å². The maximum atomic E-state index is 2.99. The normalized spacial score (nSPS) is 14.7. The van der Waals surface area contributed by atoms with Crippen molar-refractivity contribution in [2.24, 2.45) is 0 Å².